The smallest absolute Gasteiger partial charge is 0.310 e. The van der Waals surface area contributed by atoms with Crippen molar-refractivity contribution in [3.8, 4) is 0 Å². The fourth-order valence-electron chi connectivity index (χ4n) is 2.07. The summed E-state index contributed by atoms with van der Waals surface area (Å²) in [6.45, 7) is 8.77. The third kappa shape index (κ3) is 8.51. The Labute approximate surface area is 112 Å². The van der Waals surface area contributed by atoms with E-state index in [4.69, 9.17) is 10.5 Å². The molecule has 3 nitrogen and oxygen atoms in total. The van der Waals surface area contributed by atoms with E-state index in [1.165, 1.54) is 19.3 Å². The van der Waals surface area contributed by atoms with Crippen molar-refractivity contribution in [3.05, 3.63) is 0 Å². The molecule has 0 aliphatic rings. The van der Waals surface area contributed by atoms with Crippen LogP contribution in [0.15, 0.2) is 0 Å². The molecule has 0 aliphatic heterocycles. The molecule has 2 atom stereocenters. The van der Waals surface area contributed by atoms with Crippen LogP contribution < -0.4 is 5.73 Å². The molecule has 0 aromatic heterocycles. The fourth-order valence-corrected chi connectivity index (χ4v) is 2.07. The van der Waals surface area contributed by atoms with Crippen molar-refractivity contribution in [1.82, 2.24) is 0 Å². The van der Waals surface area contributed by atoms with Gasteiger partial charge < -0.3 is 10.5 Å². The summed E-state index contributed by atoms with van der Waals surface area (Å²) in [5, 5.41) is 0. The molecule has 108 valence electrons. The van der Waals surface area contributed by atoms with E-state index < -0.39 is 0 Å². The highest BCUT2D eigenvalue weighted by Gasteiger charge is 2.21. The molecule has 3 heteroatoms. The highest BCUT2D eigenvalue weighted by atomic mass is 16.5. The molecule has 0 aliphatic carbocycles. The Bertz CT molecular complexity index is 217. The lowest BCUT2D eigenvalue weighted by atomic mass is 9.97. The monoisotopic (exact) mass is 257 g/mol. The topological polar surface area (TPSA) is 52.3 Å². The van der Waals surface area contributed by atoms with Crippen molar-refractivity contribution < 1.29 is 9.53 Å². The van der Waals surface area contributed by atoms with Gasteiger partial charge in [-0.3, -0.25) is 4.79 Å². The highest BCUT2D eigenvalue weighted by molar-refractivity contribution is 5.72. The summed E-state index contributed by atoms with van der Waals surface area (Å²) < 4.78 is 5.47. The molecule has 0 bridgehead atoms. The number of hydrogen-bond donors (Lipinski definition) is 1. The third-order valence-electron chi connectivity index (χ3n) is 3.16. The van der Waals surface area contributed by atoms with Crippen LogP contribution >= 0.6 is 0 Å². The zero-order valence-corrected chi connectivity index (χ0v) is 12.6. The number of carbonyl (C=O) groups is 1. The first-order valence-electron chi connectivity index (χ1n) is 7.41. The predicted molar refractivity (Wildman–Crippen MR) is 76.3 cm³/mol. The first kappa shape index (κ1) is 17.4. The van der Waals surface area contributed by atoms with Crippen LogP contribution in [0.25, 0.3) is 0 Å². The van der Waals surface area contributed by atoms with E-state index in [0.29, 0.717) is 12.5 Å². The maximum absolute atomic E-state index is 11.9. The average molecular weight is 257 g/mol. The summed E-state index contributed by atoms with van der Waals surface area (Å²) in [6.07, 6.45) is 6.67. The SMILES string of the molecule is CCCCCCC(C)OC(=O)C(CN)CC(C)C. The van der Waals surface area contributed by atoms with Crippen LogP contribution in [-0.4, -0.2) is 18.6 Å². The molecule has 0 amide bonds. The number of esters is 1. The molecule has 0 aromatic carbocycles. The minimum absolute atomic E-state index is 0.0237. The summed E-state index contributed by atoms with van der Waals surface area (Å²) >= 11 is 0. The Morgan fingerprint density at radius 1 is 1.17 bits per heavy atom. The Morgan fingerprint density at radius 3 is 2.33 bits per heavy atom. The van der Waals surface area contributed by atoms with E-state index in [0.717, 1.165) is 19.3 Å². The number of ether oxygens (including phenoxy) is 1. The molecule has 0 saturated heterocycles. The molecular weight excluding hydrogens is 226 g/mol. The third-order valence-corrected chi connectivity index (χ3v) is 3.16. The largest absolute Gasteiger partial charge is 0.462 e. The van der Waals surface area contributed by atoms with Gasteiger partial charge in [-0.15, -0.1) is 0 Å². The lowest BCUT2D eigenvalue weighted by Gasteiger charge is -2.19. The summed E-state index contributed by atoms with van der Waals surface area (Å²) in [5.41, 5.74) is 5.64. The molecule has 0 rings (SSSR count). The van der Waals surface area contributed by atoms with Gasteiger partial charge in [-0.05, 0) is 32.1 Å². The van der Waals surface area contributed by atoms with Gasteiger partial charge in [0.2, 0.25) is 0 Å². The quantitative estimate of drug-likeness (QED) is 0.481. The van der Waals surface area contributed by atoms with Gasteiger partial charge in [-0.1, -0.05) is 40.0 Å². The Hall–Kier alpha value is -0.570. The second-order valence-corrected chi connectivity index (χ2v) is 5.66. The van der Waals surface area contributed by atoms with Gasteiger partial charge in [-0.25, -0.2) is 0 Å². The predicted octanol–water partition coefficient (Wildman–Crippen LogP) is 3.51. The van der Waals surface area contributed by atoms with Gasteiger partial charge >= 0.3 is 5.97 Å². The van der Waals surface area contributed by atoms with Gasteiger partial charge in [0.1, 0.15) is 0 Å². The van der Waals surface area contributed by atoms with Crippen molar-refractivity contribution in [2.24, 2.45) is 17.6 Å². The zero-order chi connectivity index (χ0) is 14.0. The highest BCUT2D eigenvalue weighted by Crippen LogP contribution is 2.15. The molecule has 2 N–H and O–H groups in total. The van der Waals surface area contributed by atoms with E-state index in [1.807, 2.05) is 6.92 Å². The lowest BCUT2D eigenvalue weighted by Crippen LogP contribution is -2.29. The van der Waals surface area contributed by atoms with Crippen LogP contribution in [0.2, 0.25) is 0 Å². The van der Waals surface area contributed by atoms with Crippen molar-refractivity contribution in [2.75, 3.05) is 6.54 Å². The standard InChI is InChI=1S/C15H31NO2/c1-5-6-7-8-9-13(4)18-15(17)14(11-16)10-12(2)3/h12-14H,5-11,16H2,1-4H3. The fraction of sp³-hybridized carbons (Fsp3) is 0.933. The molecule has 0 radical (unpaired) electrons. The zero-order valence-electron chi connectivity index (χ0n) is 12.6. The molecule has 0 saturated carbocycles. The average Bonchev–Trinajstić information content (AvgIpc) is 2.31. The van der Waals surface area contributed by atoms with Crippen LogP contribution in [-0.2, 0) is 9.53 Å². The van der Waals surface area contributed by atoms with Gasteiger partial charge in [-0.2, -0.15) is 0 Å². The maximum Gasteiger partial charge on any atom is 0.310 e. The minimum atomic E-state index is -0.136. The first-order chi connectivity index (χ1) is 8.51. The lowest BCUT2D eigenvalue weighted by molar-refractivity contribution is -0.153. The molecule has 0 fully saturated rings. The summed E-state index contributed by atoms with van der Waals surface area (Å²) in [5.74, 6) is 0.225. The van der Waals surface area contributed by atoms with Crippen molar-refractivity contribution in [2.45, 2.75) is 72.3 Å². The molecule has 0 spiro atoms. The van der Waals surface area contributed by atoms with E-state index >= 15 is 0 Å². The van der Waals surface area contributed by atoms with E-state index in [9.17, 15) is 4.79 Å². The van der Waals surface area contributed by atoms with Crippen LogP contribution in [0.1, 0.15) is 66.2 Å². The number of rotatable bonds is 10. The Morgan fingerprint density at radius 2 is 1.83 bits per heavy atom. The normalized spacial score (nSPS) is 14.6. The van der Waals surface area contributed by atoms with Gasteiger partial charge in [0.05, 0.1) is 12.0 Å². The second-order valence-electron chi connectivity index (χ2n) is 5.66. The molecule has 0 heterocycles. The van der Waals surface area contributed by atoms with Crippen LogP contribution in [0, 0.1) is 11.8 Å². The molecule has 0 aromatic rings. The number of carbonyl (C=O) groups excluding carboxylic acids is 1. The first-order valence-corrected chi connectivity index (χ1v) is 7.41. The molecule has 2 unspecified atom stereocenters. The molecule has 18 heavy (non-hydrogen) atoms. The second kappa shape index (κ2) is 10.4. The van der Waals surface area contributed by atoms with Gasteiger partial charge in [0, 0.05) is 6.54 Å². The van der Waals surface area contributed by atoms with E-state index in [2.05, 4.69) is 20.8 Å². The minimum Gasteiger partial charge on any atom is -0.462 e. The van der Waals surface area contributed by atoms with Crippen molar-refractivity contribution in [3.63, 3.8) is 0 Å². The van der Waals surface area contributed by atoms with E-state index in [-0.39, 0.29) is 18.0 Å². The van der Waals surface area contributed by atoms with Crippen LogP contribution in [0.5, 0.6) is 0 Å². The van der Waals surface area contributed by atoms with E-state index in [1.54, 1.807) is 0 Å². The summed E-state index contributed by atoms with van der Waals surface area (Å²) in [7, 11) is 0. The maximum atomic E-state index is 11.9. The van der Waals surface area contributed by atoms with Crippen molar-refractivity contribution >= 4 is 5.97 Å². The van der Waals surface area contributed by atoms with Crippen molar-refractivity contribution in [1.29, 1.82) is 0 Å². The Balaban J connectivity index is 3.89. The number of hydrogen-bond acceptors (Lipinski definition) is 3. The van der Waals surface area contributed by atoms with Gasteiger partial charge in [0.25, 0.3) is 0 Å². The Kier molecular flexibility index (Phi) is 10.0. The van der Waals surface area contributed by atoms with Crippen LogP contribution in [0.4, 0.5) is 0 Å². The summed E-state index contributed by atoms with van der Waals surface area (Å²) in [4.78, 5) is 11.9. The number of nitrogens with two attached hydrogens (primary N) is 1. The van der Waals surface area contributed by atoms with Crippen LogP contribution in [0.3, 0.4) is 0 Å². The van der Waals surface area contributed by atoms with Gasteiger partial charge in [0.15, 0.2) is 0 Å². The molecular formula is C15H31NO2. The summed E-state index contributed by atoms with van der Waals surface area (Å²) in [6, 6.07) is 0. The number of unbranched alkanes of at least 4 members (excludes halogenated alkanes) is 3.